The highest BCUT2D eigenvalue weighted by Crippen LogP contribution is 2.33. The van der Waals surface area contributed by atoms with Crippen LogP contribution in [0.5, 0.6) is 11.5 Å². The first-order chi connectivity index (χ1) is 9.90. The normalized spacial score (nSPS) is 12.5. The summed E-state index contributed by atoms with van der Waals surface area (Å²) in [4.78, 5) is 0. The highest BCUT2D eigenvalue weighted by Gasteiger charge is 2.15. The van der Waals surface area contributed by atoms with Crippen molar-refractivity contribution >= 4 is 0 Å². The topological polar surface area (TPSA) is 29.5 Å². The van der Waals surface area contributed by atoms with Gasteiger partial charge >= 0.3 is 0 Å². The van der Waals surface area contributed by atoms with E-state index in [-0.39, 0.29) is 5.75 Å². The van der Waals surface area contributed by atoms with Gasteiger partial charge in [0.1, 0.15) is 5.75 Å². The van der Waals surface area contributed by atoms with Crippen molar-refractivity contribution in [2.45, 2.75) is 39.7 Å². The lowest BCUT2D eigenvalue weighted by atomic mass is 9.98. The van der Waals surface area contributed by atoms with Crippen LogP contribution in [0.3, 0.4) is 0 Å². The Balaban J connectivity index is 2.37. The number of hydrogen-bond donors (Lipinski definition) is 1. The minimum absolute atomic E-state index is 0.0872. The van der Waals surface area contributed by atoms with Crippen molar-refractivity contribution in [2.24, 2.45) is 0 Å². The van der Waals surface area contributed by atoms with Crippen molar-refractivity contribution in [2.75, 3.05) is 0 Å². The summed E-state index contributed by atoms with van der Waals surface area (Å²) >= 11 is 0. The molecule has 0 saturated carbocycles. The van der Waals surface area contributed by atoms with Crippen LogP contribution in [-0.2, 0) is 0 Å². The lowest BCUT2D eigenvalue weighted by Crippen LogP contribution is -1.99. The molecule has 0 spiro atoms. The molecule has 0 radical (unpaired) electrons. The minimum Gasteiger partial charge on any atom is -0.454 e. The van der Waals surface area contributed by atoms with Gasteiger partial charge in [-0.05, 0) is 49.1 Å². The standard InChI is InChI=1S/C18H21FO2/c1-11(2)15-9-8-14(10-12(15)3)21-18-16(13(4)20)6-5-7-17(18)19/h5-11,13,20H,1-4H3/t13-/m0/s1. The van der Waals surface area contributed by atoms with Gasteiger partial charge in [-0.1, -0.05) is 32.0 Å². The average Bonchev–Trinajstić information content (AvgIpc) is 2.40. The second-order valence-electron chi connectivity index (χ2n) is 5.61. The van der Waals surface area contributed by atoms with Gasteiger partial charge in [0.25, 0.3) is 0 Å². The summed E-state index contributed by atoms with van der Waals surface area (Å²) in [6.07, 6.45) is -0.785. The second kappa shape index (κ2) is 6.27. The number of aliphatic hydroxyl groups excluding tert-OH is 1. The summed E-state index contributed by atoms with van der Waals surface area (Å²) in [7, 11) is 0. The Bertz CT molecular complexity index is 633. The van der Waals surface area contributed by atoms with E-state index in [0.29, 0.717) is 17.2 Å². The number of halogens is 1. The number of hydrogen-bond acceptors (Lipinski definition) is 2. The van der Waals surface area contributed by atoms with E-state index in [4.69, 9.17) is 4.74 Å². The molecule has 0 aromatic heterocycles. The summed E-state index contributed by atoms with van der Waals surface area (Å²) in [5.41, 5.74) is 2.80. The monoisotopic (exact) mass is 288 g/mol. The third-order valence-corrected chi connectivity index (χ3v) is 3.53. The second-order valence-corrected chi connectivity index (χ2v) is 5.61. The zero-order valence-corrected chi connectivity index (χ0v) is 12.9. The molecule has 2 aromatic rings. The predicted octanol–water partition coefficient (Wildman–Crippen LogP) is 5.10. The molecule has 0 heterocycles. The van der Waals surface area contributed by atoms with E-state index in [9.17, 15) is 9.50 Å². The molecule has 0 amide bonds. The van der Waals surface area contributed by atoms with Crippen LogP contribution in [-0.4, -0.2) is 5.11 Å². The molecule has 0 aliphatic heterocycles. The molecule has 0 aliphatic carbocycles. The van der Waals surface area contributed by atoms with Gasteiger partial charge in [0.2, 0.25) is 0 Å². The largest absolute Gasteiger partial charge is 0.454 e. The molecule has 21 heavy (non-hydrogen) atoms. The van der Waals surface area contributed by atoms with Crippen LogP contribution in [0.4, 0.5) is 4.39 Å². The maximum atomic E-state index is 14.0. The van der Waals surface area contributed by atoms with Gasteiger partial charge in [-0.25, -0.2) is 4.39 Å². The first-order valence-electron chi connectivity index (χ1n) is 7.15. The van der Waals surface area contributed by atoms with Crippen LogP contribution in [0.2, 0.25) is 0 Å². The van der Waals surface area contributed by atoms with Gasteiger partial charge < -0.3 is 9.84 Å². The number of aryl methyl sites for hydroxylation is 1. The summed E-state index contributed by atoms with van der Waals surface area (Å²) in [5, 5.41) is 9.73. The molecule has 1 N–H and O–H groups in total. The van der Waals surface area contributed by atoms with E-state index >= 15 is 0 Å². The number of ether oxygens (including phenoxy) is 1. The van der Waals surface area contributed by atoms with E-state index in [1.165, 1.54) is 11.6 Å². The fourth-order valence-electron chi connectivity index (χ4n) is 2.44. The maximum absolute atomic E-state index is 14.0. The van der Waals surface area contributed by atoms with Crippen LogP contribution in [0.1, 0.15) is 49.5 Å². The van der Waals surface area contributed by atoms with Gasteiger partial charge in [0, 0.05) is 5.56 Å². The SMILES string of the molecule is Cc1cc(Oc2c(F)cccc2[C@H](C)O)ccc1C(C)C. The molecule has 0 unspecified atom stereocenters. The molecule has 1 atom stereocenters. The summed E-state index contributed by atoms with van der Waals surface area (Å²) in [5.74, 6) is 0.618. The first kappa shape index (κ1) is 15.5. The molecule has 112 valence electrons. The van der Waals surface area contributed by atoms with E-state index < -0.39 is 11.9 Å². The van der Waals surface area contributed by atoms with Gasteiger partial charge in [-0.3, -0.25) is 0 Å². The minimum atomic E-state index is -0.785. The Morgan fingerprint density at radius 2 is 1.76 bits per heavy atom. The summed E-state index contributed by atoms with van der Waals surface area (Å²) in [6.45, 7) is 7.87. The van der Waals surface area contributed by atoms with Crippen LogP contribution in [0.15, 0.2) is 36.4 Å². The van der Waals surface area contributed by atoms with E-state index in [2.05, 4.69) is 13.8 Å². The Hall–Kier alpha value is -1.87. The molecular weight excluding hydrogens is 267 g/mol. The molecule has 0 fully saturated rings. The van der Waals surface area contributed by atoms with Crippen LogP contribution < -0.4 is 4.74 Å². The van der Waals surface area contributed by atoms with Gasteiger partial charge in [0.05, 0.1) is 6.10 Å². The fourth-order valence-corrected chi connectivity index (χ4v) is 2.44. The summed E-state index contributed by atoms with van der Waals surface area (Å²) in [6, 6.07) is 10.3. The Kier molecular flexibility index (Phi) is 4.63. The molecule has 2 rings (SSSR count). The Labute approximate surface area is 125 Å². The number of benzene rings is 2. The molecule has 0 aliphatic rings. The van der Waals surface area contributed by atoms with Crippen LogP contribution in [0, 0.1) is 12.7 Å². The first-order valence-corrected chi connectivity index (χ1v) is 7.15. The van der Waals surface area contributed by atoms with Crippen molar-refractivity contribution in [3.05, 3.63) is 58.9 Å². The van der Waals surface area contributed by atoms with Gasteiger partial charge in [0.15, 0.2) is 11.6 Å². The average molecular weight is 288 g/mol. The number of aliphatic hydroxyl groups is 1. The predicted molar refractivity (Wildman–Crippen MR) is 82.4 cm³/mol. The summed E-state index contributed by atoms with van der Waals surface area (Å²) < 4.78 is 19.7. The zero-order valence-electron chi connectivity index (χ0n) is 12.9. The molecule has 2 nitrogen and oxygen atoms in total. The van der Waals surface area contributed by atoms with E-state index in [1.807, 2.05) is 25.1 Å². The molecule has 3 heteroatoms. The van der Waals surface area contributed by atoms with Crippen molar-refractivity contribution < 1.29 is 14.2 Å². The van der Waals surface area contributed by atoms with E-state index in [0.717, 1.165) is 5.56 Å². The smallest absolute Gasteiger partial charge is 0.168 e. The van der Waals surface area contributed by atoms with Crippen LogP contribution >= 0.6 is 0 Å². The number of rotatable bonds is 4. The van der Waals surface area contributed by atoms with Crippen LogP contribution in [0.25, 0.3) is 0 Å². The van der Waals surface area contributed by atoms with Crippen molar-refractivity contribution in [3.63, 3.8) is 0 Å². The van der Waals surface area contributed by atoms with Gasteiger partial charge in [-0.2, -0.15) is 0 Å². The van der Waals surface area contributed by atoms with Crippen molar-refractivity contribution in [3.8, 4) is 11.5 Å². The maximum Gasteiger partial charge on any atom is 0.168 e. The lowest BCUT2D eigenvalue weighted by molar-refractivity contribution is 0.194. The quantitative estimate of drug-likeness (QED) is 0.847. The fraction of sp³-hybridized carbons (Fsp3) is 0.333. The Morgan fingerprint density at radius 1 is 1.05 bits per heavy atom. The zero-order chi connectivity index (χ0) is 15.6. The highest BCUT2D eigenvalue weighted by molar-refractivity contribution is 5.43. The highest BCUT2D eigenvalue weighted by atomic mass is 19.1. The molecular formula is C18H21FO2. The third kappa shape index (κ3) is 3.42. The molecule has 0 bridgehead atoms. The van der Waals surface area contributed by atoms with E-state index in [1.54, 1.807) is 19.1 Å². The van der Waals surface area contributed by atoms with Crippen molar-refractivity contribution in [1.82, 2.24) is 0 Å². The molecule has 0 saturated heterocycles. The molecule has 2 aromatic carbocycles. The Morgan fingerprint density at radius 3 is 2.33 bits per heavy atom. The number of para-hydroxylation sites is 1. The van der Waals surface area contributed by atoms with Gasteiger partial charge in [-0.15, -0.1) is 0 Å². The third-order valence-electron chi connectivity index (χ3n) is 3.53. The van der Waals surface area contributed by atoms with Crippen molar-refractivity contribution in [1.29, 1.82) is 0 Å². The lowest BCUT2D eigenvalue weighted by Gasteiger charge is -2.16.